The Morgan fingerprint density at radius 3 is 2.57 bits per heavy atom. The van der Waals surface area contributed by atoms with Crippen LogP contribution in [0.25, 0.3) is 0 Å². The molecule has 0 unspecified atom stereocenters. The summed E-state index contributed by atoms with van der Waals surface area (Å²) in [5.74, 6) is 1.37. The fourth-order valence-corrected chi connectivity index (χ4v) is 3.74. The second kappa shape index (κ2) is 7.11. The first kappa shape index (κ1) is 16.0. The van der Waals surface area contributed by atoms with Gasteiger partial charge in [-0.1, -0.05) is 36.4 Å². The van der Waals surface area contributed by atoms with Crippen molar-refractivity contribution < 1.29 is 9.53 Å². The number of hydrogen-bond donors (Lipinski definition) is 0. The van der Waals surface area contributed by atoms with E-state index >= 15 is 0 Å². The minimum absolute atomic E-state index is 0.0304. The van der Waals surface area contributed by atoms with Gasteiger partial charge in [-0.15, -0.1) is 11.8 Å². The summed E-state index contributed by atoms with van der Waals surface area (Å²) in [6.07, 6.45) is 1.71. The molecule has 1 atom stereocenters. The average molecular weight is 346 g/mol. The number of anilines is 1. The molecule has 0 saturated carbocycles. The van der Waals surface area contributed by atoms with Crippen LogP contribution in [0, 0.1) is 0 Å². The van der Waals surface area contributed by atoms with E-state index in [0.29, 0.717) is 17.4 Å². The molecule has 0 spiro atoms. The number of ether oxygens (including phenoxy) is 1. The molecule has 3 rings (SSSR count). The van der Waals surface area contributed by atoms with Crippen LogP contribution in [0.4, 0.5) is 5.69 Å². The molecule has 1 amide bonds. The van der Waals surface area contributed by atoms with E-state index in [9.17, 15) is 4.79 Å². The second-order valence-corrected chi connectivity index (χ2v) is 6.58. The van der Waals surface area contributed by atoms with Crippen molar-refractivity contribution in [3.63, 3.8) is 0 Å². The van der Waals surface area contributed by atoms with Crippen molar-refractivity contribution in [1.29, 1.82) is 0 Å². The quantitative estimate of drug-likeness (QED) is 0.737. The van der Waals surface area contributed by atoms with Gasteiger partial charge in [-0.05, 0) is 42.0 Å². The van der Waals surface area contributed by atoms with Crippen LogP contribution in [0.1, 0.15) is 10.9 Å². The van der Waals surface area contributed by atoms with Gasteiger partial charge in [0.1, 0.15) is 17.7 Å². The van der Waals surface area contributed by atoms with Crippen molar-refractivity contribution in [2.45, 2.75) is 5.37 Å². The summed E-state index contributed by atoms with van der Waals surface area (Å²) in [4.78, 5) is 14.1. The second-order valence-electron chi connectivity index (χ2n) is 5.07. The van der Waals surface area contributed by atoms with E-state index in [4.69, 9.17) is 16.3 Å². The highest BCUT2D eigenvalue weighted by Crippen LogP contribution is 2.42. The number of rotatable bonds is 5. The van der Waals surface area contributed by atoms with Gasteiger partial charge in [-0.3, -0.25) is 9.69 Å². The Hall–Kier alpha value is -1.91. The summed E-state index contributed by atoms with van der Waals surface area (Å²) in [6, 6.07) is 15.2. The van der Waals surface area contributed by atoms with E-state index in [1.807, 2.05) is 41.3 Å². The Kier molecular flexibility index (Phi) is 4.94. The number of thioether (sulfide) groups is 1. The van der Waals surface area contributed by atoms with Gasteiger partial charge in [0.05, 0.1) is 5.75 Å². The van der Waals surface area contributed by atoms with Gasteiger partial charge in [0.25, 0.3) is 0 Å². The fraction of sp³-hybridized carbons (Fsp3) is 0.167. The third-order valence-electron chi connectivity index (χ3n) is 3.51. The Labute approximate surface area is 144 Å². The highest BCUT2D eigenvalue weighted by atomic mass is 35.5. The molecule has 23 heavy (non-hydrogen) atoms. The standard InChI is InChI=1S/C18H16ClNO2S/c1-2-11-22-16-9-3-13(4-10-16)18-20(17(21)12-23-18)15-7-5-14(19)6-8-15/h2-10,18H,1,11-12H2/t18-/m1/s1. The summed E-state index contributed by atoms with van der Waals surface area (Å²) < 4.78 is 5.50. The number of amides is 1. The fourth-order valence-electron chi connectivity index (χ4n) is 2.44. The predicted octanol–water partition coefficient (Wildman–Crippen LogP) is 4.68. The van der Waals surface area contributed by atoms with E-state index in [1.165, 1.54) is 0 Å². The topological polar surface area (TPSA) is 29.5 Å². The van der Waals surface area contributed by atoms with Crippen LogP contribution in [-0.4, -0.2) is 18.3 Å². The Bertz CT molecular complexity index is 700. The van der Waals surface area contributed by atoms with Crippen molar-refractivity contribution in [1.82, 2.24) is 0 Å². The van der Waals surface area contributed by atoms with E-state index in [2.05, 4.69) is 6.58 Å². The molecule has 0 radical (unpaired) electrons. The lowest BCUT2D eigenvalue weighted by Crippen LogP contribution is -2.27. The first-order chi connectivity index (χ1) is 11.2. The van der Waals surface area contributed by atoms with Gasteiger partial charge in [-0.25, -0.2) is 0 Å². The monoisotopic (exact) mass is 345 g/mol. The van der Waals surface area contributed by atoms with Crippen LogP contribution < -0.4 is 9.64 Å². The molecule has 1 saturated heterocycles. The predicted molar refractivity (Wildman–Crippen MR) is 96.3 cm³/mol. The summed E-state index contributed by atoms with van der Waals surface area (Å²) in [5.41, 5.74) is 1.93. The molecule has 5 heteroatoms. The summed E-state index contributed by atoms with van der Waals surface area (Å²) in [5, 5.41) is 0.630. The number of carbonyl (C=O) groups excluding carboxylic acids is 1. The molecule has 0 bridgehead atoms. The Morgan fingerprint density at radius 1 is 1.22 bits per heavy atom. The summed E-state index contributed by atoms with van der Waals surface area (Å²) in [7, 11) is 0. The van der Waals surface area contributed by atoms with Crippen LogP contribution >= 0.6 is 23.4 Å². The molecule has 0 aromatic heterocycles. The van der Waals surface area contributed by atoms with Crippen molar-refractivity contribution in [3.05, 3.63) is 71.8 Å². The third kappa shape index (κ3) is 3.54. The number of nitrogens with zero attached hydrogens (tertiary/aromatic N) is 1. The first-order valence-corrected chi connectivity index (χ1v) is 8.64. The molecule has 0 N–H and O–H groups in total. The Balaban J connectivity index is 1.84. The SMILES string of the molecule is C=CCOc1ccc([C@H]2SCC(=O)N2c2ccc(Cl)cc2)cc1. The minimum Gasteiger partial charge on any atom is -0.490 e. The molecule has 3 nitrogen and oxygen atoms in total. The van der Waals surface area contributed by atoms with Gasteiger partial charge >= 0.3 is 0 Å². The van der Waals surface area contributed by atoms with Gasteiger partial charge in [-0.2, -0.15) is 0 Å². The number of hydrogen-bond acceptors (Lipinski definition) is 3. The minimum atomic E-state index is -0.0304. The van der Waals surface area contributed by atoms with Crippen molar-refractivity contribution in [2.75, 3.05) is 17.3 Å². The summed E-state index contributed by atoms with van der Waals surface area (Å²) >= 11 is 7.56. The van der Waals surface area contributed by atoms with Gasteiger partial charge in [0.2, 0.25) is 5.91 Å². The van der Waals surface area contributed by atoms with Crippen molar-refractivity contribution in [2.24, 2.45) is 0 Å². The molecular formula is C18H16ClNO2S. The maximum absolute atomic E-state index is 12.3. The lowest BCUT2D eigenvalue weighted by Gasteiger charge is -2.24. The number of benzene rings is 2. The third-order valence-corrected chi connectivity index (χ3v) is 4.97. The van der Waals surface area contributed by atoms with E-state index < -0.39 is 0 Å². The Morgan fingerprint density at radius 2 is 1.91 bits per heavy atom. The summed E-state index contributed by atoms with van der Waals surface area (Å²) in [6.45, 7) is 4.11. The average Bonchev–Trinajstić information content (AvgIpc) is 2.96. The highest BCUT2D eigenvalue weighted by molar-refractivity contribution is 8.00. The highest BCUT2D eigenvalue weighted by Gasteiger charge is 2.33. The van der Waals surface area contributed by atoms with Crippen molar-refractivity contribution in [3.8, 4) is 5.75 Å². The van der Waals surface area contributed by atoms with Crippen LogP contribution in [0.5, 0.6) is 5.75 Å². The van der Waals surface area contributed by atoms with E-state index in [1.54, 1.807) is 30.0 Å². The number of halogens is 1. The molecule has 1 aliphatic heterocycles. The van der Waals surface area contributed by atoms with Gasteiger partial charge in [0.15, 0.2) is 0 Å². The molecule has 1 heterocycles. The first-order valence-electron chi connectivity index (χ1n) is 7.22. The van der Waals surface area contributed by atoms with E-state index in [-0.39, 0.29) is 11.3 Å². The van der Waals surface area contributed by atoms with Gasteiger partial charge < -0.3 is 4.74 Å². The lowest BCUT2D eigenvalue weighted by molar-refractivity contribution is -0.115. The van der Waals surface area contributed by atoms with E-state index in [0.717, 1.165) is 17.0 Å². The van der Waals surface area contributed by atoms with Gasteiger partial charge in [0, 0.05) is 10.7 Å². The van der Waals surface area contributed by atoms with Crippen molar-refractivity contribution >= 4 is 35.0 Å². The molecule has 2 aromatic rings. The molecule has 2 aromatic carbocycles. The normalized spacial score (nSPS) is 17.3. The zero-order valence-electron chi connectivity index (χ0n) is 12.4. The molecular weight excluding hydrogens is 330 g/mol. The van der Waals surface area contributed by atoms with Crippen LogP contribution in [-0.2, 0) is 4.79 Å². The van der Waals surface area contributed by atoms with Crippen LogP contribution in [0.15, 0.2) is 61.2 Å². The lowest BCUT2D eigenvalue weighted by atomic mass is 10.2. The molecule has 1 aliphatic rings. The molecule has 1 fully saturated rings. The number of carbonyl (C=O) groups is 1. The zero-order valence-corrected chi connectivity index (χ0v) is 14.0. The van der Waals surface area contributed by atoms with Crippen LogP contribution in [0.2, 0.25) is 5.02 Å². The zero-order chi connectivity index (χ0) is 16.2. The smallest absolute Gasteiger partial charge is 0.238 e. The molecule has 0 aliphatic carbocycles. The largest absolute Gasteiger partial charge is 0.490 e. The molecule has 118 valence electrons. The van der Waals surface area contributed by atoms with Crippen LogP contribution in [0.3, 0.4) is 0 Å². The maximum Gasteiger partial charge on any atom is 0.238 e. The maximum atomic E-state index is 12.3.